The number of carbonyl (C=O) groups is 1. The van der Waals surface area contributed by atoms with E-state index in [0.717, 1.165) is 17.7 Å². The van der Waals surface area contributed by atoms with Crippen LogP contribution in [0.15, 0.2) is 30.6 Å². The maximum absolute atomic E-state index is 11.0. The number of hydrogen-bond donors (Lipinski definition) is 2. The van der Waals surface area contributed by atoms with E-state index in [1.165, 1.54) is 6.20 Å². The highest BCUT2D eigenvalue weighted by Crippen LogP contribution is 2.20. The second-order valence-corrected chi connectivity index (χ2v) is 4.26. The van der Waals surface area contributed by atoms with Crippen LogP contribution in [0.2, 0.25) is 5.02 Å². The van der Waals surface area contributed by atoms with Crippen molar-refractivity contribution in [2.45, 2.75) is 6.42 Å². The maximum Gasteiger partial charge on any atom is 0.251 e. The minimum absolute atomic E-state index is 0.358. The summed E-state index contributed by atoms with van der Waals surface area (Å²) in [5.74, 6) is -0.507. The van der Waals surface area contributed by atoms with Gasteiger partial charge >= 0.3 is 0 Å². The van der Waals surface area contributed by atoms with E-state index < -0.39 is 5.91 Å². The first-order valence-corrected chi connectivity index (χ1v) is 5.83. The smallest absolute Gasteiger partial charge is 0.251 e. The lowest BCUT2D eigenvalue weighted by Gasteiger charge is -2.06. The third kappa shape index (κ3) is 2.52. The summed E-state index contributed by atoms with van der Waals surface area (Å²) in [5.41, 5.74) is 12.8. The van der Waals surface area contributed by atoms with Gasteiger partial charge in [0, 0.05) is 11.2 Å². The number of amides is 1. The number of primary amides is 1. The third-order valence-electron chi connectivity index (χ3n) is 2.58. The van der Waals surface area contributed by atoms with Crippen molar-refractivity contribution in [3.63, 3.8) is 0 Å². The van der Waals surface area contributed by atoms with Gasteiger partial charge in [-0.05, 0) is 30.7 Å². The fourth-order valence-corrected chi connectivity index (χ4v) is 1.90. The molecule has 94 valence electrons. The monoisotopic (exact) mass is 264 g/mol. The van der Waals surface area contributed by atoms with E-state index in [4.69, 9.17) is 23.1 Å². The van der Waals surface area contributed by atoms with Crippen molar-refractivity contribution < 1.29 is 4.79 Å². The molecular weight excluding hydrogens is 252 g/mol. The minimum atomic E-state index is -0.507. The normalized spacial score (nSPS) is 10.6. The average molecular weight is 265 g/mol. The molecule has 2 aromatic rings. The number of hydrogen-bond acceptors (Lipinski definition) is 3. The van der Waals surface area contributed by atoms with E-state index in [1.807, 2.05) is 12.1 Å². The van der Waals surface area contributed by atoms with Crippen LogP contribution >= 0.6 is 11.6 Å². The van der Waals surface area contributed by atoms with Crippen LogP contribution in [-0.4, -0.2) is 22.2 Å². The highest BCUT2D eigenvalue weighted by Gasteiger charge is 2.07. The van der Waals surface area contributed by atoms with Crippen LogP contribution in [0.3, 0.4) is 0 Å². The van der Waals surface area contributed by atoms with E-state index in [1.54, 1.807) is 16.9 Å². The zero-order valence-electron chi connectivity index (χ0n) is 9.64. The Morgan fingerprint density at radius 3 is 2.78 bits per heavy atom. The van der Waals surface area contributed by atoms with E-state index in [2.05, 4.69) is 5.10 Å². The van der Waals surface area contributed by atoms with Crippen molar-refractivity contribution in [3.8, 4) is 5.69 Å². The molecule has 0 spiro atoms. The van der Waals surface area contributed by atoms with Gasteiger partial charge in [0.25, 0.3) is 5.91 Å². The van der Waals surface area contributed by atoms with Crippen LogP contribution in [0.4, 0.5) is 0 Å². The van der Waals surface area contributed by atoms with Crippen LogP contribution in [0.5, 0.6) is 0 Å². The molecule has 0 aliphatic carbocycles. The average Bonchev–Trinajstić information content (AvgIpc) is 2.81. The van der Waals surface area contributed by atoms with Crippen molar-refractivity contribution in [1.29, 1.82) is 0 Å². The molecule has 0 unspecified atom stereocenters. The first-order chi connectivity index (χ1) is 8.61. The Morgan fingerprint density at radius 2 is 2.22 bits per heavy atom. The summed E-state index contributed by atoms with van der Waals surface area (Å²) in [7, 11) is 0. The van der Waals surface area contributed by atoms with E-state index in [-0.39, 0.29) is 0 Å². The van der Waals surface area contributed by atoms with Gasteiger partial charge in [-0.15, -0.1) is 0 Å². The van der Waals surface area contributed by atoms with Crippen LogP contribution in [0.1, 0.15) is 15.9 Å². The molecule has 0 atom stereocenters. The summed E-state index contributed by atoms with van der Waals surface area (Å²) < 4.78 is 1.55. The Balaban J connectivity index is 2.33. The van der Waals surface area contributed by atoms with Gasteiger partial charge in [-0.25, -0.2) is 4.68 Å². The largest absolute Gasteiger partial charge is 0.366 e. The highest BCUT2D eigenvalue weighted by atomic mass is 35.5. The Hall–Kier alpha value is -1.85. The lowest BCUT2D eigenvalue weighted by Crippen LogP contribution is -2.09. The number of rotatable bonds is 4. The molecule has 0 fully saturated rings. The van der Waals surface area contributed by atoms with Gasteiger partial charge < -0.3 is 11.5 Å². The van der Waals surface area contributed by atoms with Crippen molar-refractivity contribution in [1.82, 2.24) is 9.78 Å². The number of benzene rings is 1. The van der Waals surface area contributed by atoms with E-state index in [9.17, 15) is 4.79 Å². The van der Waals surface area contributed by atoms with Crippen LogP contribution < -0.4 is 11.5 Å². The zero-order valence-corrected chi connectivity index (χ0v) is 10.4. The van der Waals surface area contributed by atoms with Gasteiger partial charge in [0.2, 0.25) is 0 Å². The Morgan fingerprint density at radius 1 is 1.44 bits per heavy atom. The first-order valence-electron chi connectivity index (χ1n) is 5.45. The highest BCUT2D eigenvalue weighted by molar-refractivity contribution is 6.31. The zero-order chi connectivity index (χ0) is 13.1. The molecule has 1 aromatic heterocycles. The lowest BCUT2D eigenvalue weighted by molar-refractivity contribution is 0.100. The summed E-state index contributed by atoms with van der Waals surface area (Å²) in [6.45, 7) is 0.548. The van der Waals surface area contributed by atoms with Crippen LogP contribution in [0.25, 0.3) is 5.69 Å². The maximum atomic E-state index is 11.0. The second-order valence-electron chi connectivity index (χ2n) is 3.85. The molecule has 0 radical (unpaired) electrons. The van der Waals surface area contributed by atoms with Gasteiger partial charge in [0.1, 0.15) is 0 Å². The predicted octanol–water partition coefficient (Wildman–Crippen LogP) is 1.13. The van der Waals surface area contributed by atoms with Crippen molar-refractivity contribution in [2.75, 3.05) is 6.54 Å². The molecule has 0 saturated heterocycles. The second kappa shape index (κ2) is 5.20. The summed E-state index contributed by atoms with van der Waals surface area (Å²) in [5, 5.41) is 4.69. The number of nitrogens with two attached hydrogens (primary N) is 2. The number of carbonyl (C=O) groups excluding carboxylic acids is 1. The standard InChI is InChI=1S/C12H13ClN4O/c13-11-5-10(2-1-8(11)3-4-14)17-7-9(6-16-17)12(15)18/h1-2,5-7H,3-4,14H2,(H2,15,18). The quantitative estimate of drug-likeness (QED) is 0.868. The topological polar surface area (TPSA) is 86.9 Å². The SMILES string of the molecule is NCCc1ccc(-n2cc(C(N)=O)cn2)cc1Cl. The molecule has 1 aromatic carbocycles. The Labute approximate surface area is 109 Å². The fraction of sp³-hybridized carbons (Fsp3) is 0.167. The molecule has 5 nitrogen and oxygen atoms in total. The number of aromatic nitrogens is 2. The molecule has 18 heavy (non-hydrogen) atoms. The molecule has 4 N–H and O–H groups in total. The van der Waals surface area contributed by atoms with Crippen LogP contribution in [-0.2, 0) is 6.42 Å². The first kappa shape index (κ1) is 12.6. The summed E-state index contributed by atoms with van der Waals surface area (Å²) in [4.78, 5) is 11.0. The van der Waals surface area contributed by atoms with Crippen molar-refractivity contribution in [3.05, 3.63) is 46.7 Å². The molecule has 6 heteroatoms. The molecule has 0 saturated carbocycles. The third-order valence-corrected chi connectivity index (χ3v) is 2.93. The van der Waals surface area contributed by atoms with Gasteiger partial charge in [-0.2, -0.15) is 5.10 Å². The van der Waals surface area contributed by atoms with Crippen molar-refractivity contribution in [2.24, 2.45) is 11.5 Å². The van der Waals surface area contributed by atoms with Gasteiger partial charge in [-0.1, -0.05) is 17.7 Å². The van der Waals surface area contributed by atoms with Gasteiger partial charge in [0.15, 0.2) is 0 Å². The molecule has 1 heterocycles. The minimum Gasteiger partial charge on any atom is -0.366 e. The predicted molar refractivity (Wildman–Crippen MR) is 69.9 cm³/mol. The lowest BCUT2D eigenvalue weighted by atomic mass is 10.1. The molecule has 0 aliphatic heterocycles. The summed E-state index contributed by atoms with van der Waals surface area (Å²) in [6.07, 6.45) is 3.71. The summed E-state index contributed by atoms with van der Waals surface area (Å²) >= 11 is 6.14. The number of halogens is 1. The summed E-state index contributed by atoms with van der Waals surface area (Å²) in [6, 6.07) is 5.55. The molecule has 0 aliphatic rings. The van der Waals surface area contributed by atoms with Gasteiger partial charge in [-0.3, -0.25) is 4.79 Å². The molecule has 0 bridgehead atoms. The molecule has 1 amide bonds. The number of nitrogens with zero attached hydrogens (tertiary/aromatic N) is 2. The Kier molecular flexibility index (Phi) is 3.64. The van der Waals surface area contributed by atoms with Crippen molar-refractivity contribution >= 4 is 17.5 Å². The van der Waals surface area contributed by atoms with Crippen LogP contribution in [0, 0.1) is 0 Å². The molecule has 2 rings (SSSR count). The fourth-order valence-electron chi connectivity index (χ4n) is 1.63. The van der Waals surface area contributed by atoms with Gasteiger partial charge in [0.05, 0.1) is 17.4 Å². The van der Waals surface area contributed by atoms with E-state index >= 15 is 0 Å². The molecular formula is C12H13ClN4O. The Bertz CT molecular complexity index is 579. The van der Waals surface area contributed by atoms with E-state index in [0.29, 0.717) is 17.1 Å².